The number of rotatable bonds is 5. The van der Waals surface area contributed by atoms with Crippen LogP contribution >= 0.6 is 0 Å². The van der Waals surface area contributed by atoms with Crippen LogP contribution in [0.5, 0.6) is 0 Å². The summed E-state index contributed by atoms with van der Waals surface area (Å²) in [5.74, 6) is -3.93. The largest absolute Gasteiger partial charge is 0.481 e. The number of benzene rings is 1. The number of aliphatic carboxylic acids is 1. The van der Waals surface area contributed by atoms with Gasteiger partial charge in [0.2, 0.25) is 10.0 Å². The van der Waals surface area contributed by atoms with Crippen LogP contribution in [0.25, 0.3) is 0 Å². The highest BCUT2D eigenvalue weighted by molar-refractivity contribution is 7.89. The molecule has 1 aromatic carbocycles. The number of ether oxygens (including phenoxy) is 1. The number of non-ortho nitro benzene ring substituents is 1. The van der Waals surface area contributed by atoms with Gasteiger partial charge in [0, 0.05) is 25.2 Å². The van der Waals surface area contributed by atoms with Crippen LogP contribution in [-0.2, 0) is 24.3 Å². The second kappa shape index (κ2) is 7.15. The number of methoxy groups -OCH3 is 1. The molecule has 0 spiro atoms. The molecule has 0 aromatic heterocycles. The number of piperidine rings is 1. The summed E-state index contributed by atoms with van der Waals surface area (Å²) in [5, 5.41) is 20.1. The number of carbonyl (C=O) groups is 2. The van der Waals surface area contributed by atoms with Gasteiger partial charge < -0.3 is 9.84 Å². The van der Waals surface area contributed by atoms with Crippen molar-refractivity contribution in [3.05, 3.63) is 34.4 Å². The third kappa shape index (κ3) is 3.94. The van der Waals surface area contributed by atoms with Crippen LogP contribution in [0.3, 0.4) is 0 Å². The minimum atomic E-state index is -4.20. The zero-order valence-corrected chi connectivity index (χ0v) is 14.0. The van der Waals surface area contributed by atoms with Gasteiger partial charge in [0.25, 0.3) is 5.69 Å². The topological polar surface area (TPSA) is 144 Å². The fourth-order valence-corrected chi connectivity index (χ4v) is 4.25. The van der Waals surface area contributed by atoms with E-state index in [0.717, 1.165) is 23.5 Å². The van der Waals surface area contributed by atoms with Crippen LogP contribution in [-0.4, -0.2) is 54.9 Å². The number of carboxylic acid groups (broad SMARTS) is 1. The summed E-state index contributed by atoms with van der Waals surface area (Å²) in [6.07, 6.45) is -0.0387. The molecule has 0 amide bonds. The molecule has 11 heteroatoms. The third-order valence-electron chi connectivity index (χ3n) is 3.97. The monoisotopic (exact) mass is 372 g/mol. The second-order valence-electron chi connectivity index (χ2n) is 5.57. The summed E-state index contributed by atoms with van der Waals surface area (Å²) in [6, 6.07) is 4.45. The Morgan fingerprint density at radius 1 is 1.32 bits per heavy atom. The minimum Gasteiger partial charge on any atom is -0.481 e. The van der Waals surface area contributed by atoms with Gasteiger partial charge in [-0.15, -0.1) is 0 Å². The van der Waals surface area contributed by atoms with Crippen LogP contribution in [0.1, 0.15) is 6.42 Å². The van der Waals surface area contributed by atoms with Gasteiger partial charge in [-0.05, 0) is 12.5 Å². The summed E-state index contributed by atoms with van der Waals surface area (Å²) in [5.41, 5.74) is -0.405. The Kier molecular flexibility index (Phi) is 5.38. The van der Waals surface area contributed by atoms with E-state index in [9.17, 15) is 33.2 Å². The lowest BCUT2D eigenvalue weighted by Gasteiger charge is -2.33. The summed E-state index contributed by atoms with van der Waals surface area (Å²) in [4.78, 5) is 32.8. The molecule has 1 aliphatic rings. The Hall–Kier alpha value is -2.53. The van der Waals surface area contributed by atoms with Crippen LogP contribution in [0.4, 0.5) is 5.69 Å². The van der Waals surface area contributed by atoms with Crippen molar-refractivity contribution in [3.63, 3.8) is 0 Å². The highest BCUT2D eigenvalue weighted by Crippen LogP contribution is 2.29. The van der Waals surface area contributed by atoms with Crippen LogP contribution in [0, 0.1) is 22.0 Å². The predicted molar refractivity (Wildman–Crippen MR) is 83.1 cm³/mol. The molecule has 1 N–H and O–H groups in total. The first-order valence-electron chi connectivity index (χ1n) is 7.22. The number of esters is 1. The first kappa shape index (κ1) is 18.8. The van der Waals surface area contributed by atoms with Gasteiger partial charge in [0.15, 0.2) is 0 Å². The maximum Gasteiger partial charge on any atom is 0.310 e. The Balaban J connectivity index is 2.39. The average molecular weight is 372 g/mol. The average Bonchev–Trinajstić information content (AvgIpc) is 2.60. The smallest absolute Gasteiger partial charge is 0.310 e. The maximum absolute atomic E-state index is 12.7. The molecule has 0 bridgehead atoms. The van der Waals surface area contributed by atoms with Gasteiger partial charge in [0.05, 0.1) is 28.8 Å². The lowest BCUT2D eigenvalue weighted by Crippen LogP contribution is -2.48. The van der Waals surface area contributed by atoms with E-state index >= 15 is 0 Å². The molecular formula is C14H16N2O8S. The highest BCUT2D eigenvalue weighted by Gasteiger charge is 2.41. The number of sulfonamides is 1. The van der Waals surface area contributed by atoms with E-state index in [1.54, 1.807) is 0 Å². The number of carbonyl (C=O) groups excluding carboxylic acids is 1. The lowest BCUT2D eigenvalue weighted by molar-refractivity contribution is -0.385. The van der Waals surface area contributed by atoms with Gasteiger partial charge >= 0.3 is 11.9 Å². The number of nitro groups is 1. The highest BCUT2D eigenvalue weighted by atomic mass is 32.2. The molecule has 2 atom stereocenters. The Labute approximate surface area is 143 Å². The molecule has 2 unspecified atom stereocenters. The number of hydrogen-bond donors (Lipinski definition) is 1. The summed E-state index contributed by atoms with van der Waals surface area (Å²) >= 11 is 0. The first-order valence-corrected chi connectivity index (χ1v) is 8.66. The fourth-order valence-electron chi connectivity index (χ4n) is 2.68. The molecule has 1 aromatic rings. The summed E-state index contributed by atoms with van der Waals surface area (Å²) in [6.45, 7) is -0.574. The molecule has 1 aliphatic heterocycles. The molecule has 25 heavy (non-hydrogen) atoms. The molecule has 1 heterocycles. The zero-order chi connectivity index (χ0) is 18.8. The number of carboxylic acids is 1. The minimum absolute atomic E-state index is 0.0387. The Bertz CT molecular complexity index is 807. The third-order valence-corrected chi connectivity index (χ3v) is 5.79. The Morgan fingerprint density at radius 2 is 1.96 bits per heavy atom. The molecule has 1 fully saturated rings. The molecule has 2 rings (SSSR count). The fraction of sp³-hybridized carbons (Fsp3) is 0.429. The van der Waals surface area contributed by atoms with Crippen molar-refractivity contribution in [2.75, 3.05) is 20.2 Å². The van der Waals surface area contributed by atoms with Crippen molar-refractivity contribution in [2.45, 2.75) is 11.3 Å². The first-order chi connectivity index (χ1) is 11.7. The van der Waals surface area contributed by atoms with Gasteiger partial charge in [-0.3, -0.25) is 19.7 Å². The van der Waals surface area contributed by atoms with Crippen molar-refractivity contribution in [1.82, 2.24) is 4.31 Å². The quantitative estimate of drug-likeness (QED) is 0.446. The van der Waals surface area contributed by atoms with Gasteiger partial charge in [-0.2, -0.15) is 4.31 Å². The second-order valence-corrected chi connectivity index (χ2v) is 7.51. The van der Waals surface area contributed by atoms with Crippen molar-refractivity contribution in [1.29, 1.82) is 0 Å². The standard InChI is InChI=1S/C14H16N2O8S/c1-24-14(19)10-5-9(13(17)18)7-15(8-10)25(22,23)12-4-2-3-11(6-12)16(20)21/h2-4,6,9-10H,5,7-8H2,1H3,(H,17,18). The van der Waals surface area contributed by atoms with E-state index in [0.29, 0.717) is 0 Å². The van der Waals surface area contributed by atoms with Crippen LogP contribution < -0.4 is 0 Å². The number of nitro benzene ring substituents is 1. The van der Waals surface area contributed by atoms with Crippen LogP contribution in [0.15, 0.2) is 29.2 Å². The van der Waals surface area contributed by atoms with Gasteiger partial charge in [-0.1, -0.05) is 6.07 Å². The number of hydrogen-bond acceptors (Lipinski definition) is 7. The van der Waals surface area contributed by atoms with E-state index in [1.165, 1.54) is 12.1 Å². The van der Waals surface area contributed by atoms with E-state index < -0.39 is 44.4 Å². The predicted octanol–water partition coefficient (Wildman–Crippen LogP) is 0.479. The zero-order valence-electron chi connectivity index (χ0n) is 13.2. The Morgan fingerprint density at radius 3 is 2.52 bits per heavy atom. The molecule has 136 valence electrons. The molecular weight excluding hydrogens is 356 g/mol. The van der Waals surface area contributed by atoms with E-state index in [-0.39, 0.29) is 24.4 Å². The van der Waals surface area contributed by atoms with Crippen molar-refractivity contribution in [2.24, 2.45) is 11.8 Å². The lowest BCUT2D eigenvalue weighted by atomic mass is 9.90. The molecule has 0 radical (unpaired) electrons. The molecule has 1 saturated heterocycles. The van der Waals surface area contributed by atoms with E-state index in [2.05, 4.69) is 4.74 Å². The maximum atomic E-state index is 12.7. The molecule has 10 nitrogen and oxygen atoms in total. The molecule has 0 aliphatic carbocycles. The van der Waals surface area contributed by atoms with Gasteiger partial charge in [-0.25, -0.2) is 8.42 Å². The molecule has 0 saturated carbocycles. The van der Waals surface area contributed by atoms with Gasteiger partial charge in [0.1, 0.15) is 0 Å². The van der Waals surface area contributed by atoms with Crippen LogP contribution in [0.2, 0.25) is 0 Å². The summed E-state index contributed by atoms with van der Waals surface area (Å²) in [7, 11) is -3.07. The summed E-state index contributed by atoms with van der Waals surface area (Å²) < 4.78 is 30.9. The number of nitrogens with zero attached hydrogens (tertiary/aromatic N) is 2. The SMILES string of the molecule is COC(=O)C1CC(C(=O)O)CN(S(=O)(=O)c2cccc([N+](=O)[O-])c2)C1. The van der Waals surface area contributed by atoms with E-state index in [4.69, 9.17) is 0 Å². The van der Waals surface area contributed by atoms with Crippen molar-refractivity contribution >= 4 is 27.6 Å². The van der Waals surface area contributed by atoms with E-state index in [1.807, 2.05) is 0 Å². The van der Waals surface area contributed by atoms with Crippen molar-refractivity contribution < 1.29 is 32.8 Å². The normalized spacial score (nSPS) is 21.5. The van der Waals surface area contributed by atoms with Crippen molar-refractivity contribution in [3.8, 4) is 0 Å².